The molecule has 0 saturated carbocycles. The number of carbonyl (C=O) groups excluding carboxylic acids is 2. The average molecular weight is 375 g/mol. The zero-order chi connectivity index (χ0) is 20.4. The first-order valence-electron chi connectivity index (χ1n) is 8.48. The number of methoxy groups -OCH3 is 1. The quantitative estimate of drug-likeness (QED) is 0.465. The molecule has 1 unspecified atom stereocenters. The summed E-state index contributed by atoms with van der Waals surface area (Å²) < 4.78 is 9.91. The number of amides is 1. The Balaban J connectivity index is 2.77. The number of alkyl carbamates (subject to hydrolysis) is 1. The van der Waals surface area contributed by atoms with Crippen molar-refractivity contribution in [2.45, 2.75) is 58.2 Å². The number of nitroso groups, excluding NO2 is 1. The fourth-order valence-electron chi connectivity index (χ4n) is 1.97. The number of hydrogen-bond acceptors (Lipinski definition) is 7. The molecule has 0 aliphatic heterocycles. The van der Waals surface area contributed by atoms with Gasteiger partial charge in [0.25, 0.3) is 0 Å². The maximum absolute atomic E-state index is 11.9. The number of esters is 1. The van der Waals surface area contributed by atoms with E-state index in [9.17, 15) is 14.5 Å². The summed E-state index contributed by atoms with van der Waals surface area (Å²) in [6.07, 6.45) is 1.42. The van der Waals surface area contributed by atoms with Crippen LogP contribution in [-0.4, -0.2) is 41.8 Å². The molecule has 1 aromatic rings. The summed E-state index contributed by atoms with van der Waals surface area (Å²) in [6, 6.07) is 2.19. The molecule has 1 aromatic heterocycles. The molecule has 1 amide bonds. The summed E-state index contributed by atoms with van der Waals surface area (Å²) in [5, 5.41) is 5.38. The summed E-state index contributed by atoms with van der Waals surface area (Å²) >= 11 is 0. The van der Waals surface area contributed by atoms with Crippen molar-refractivity contribution in [1.29, 1.82) is 0 Å². The Labute approximate surface area is 159 Å². The number of ether oxygens (including phenoxy) is 2. The topological polar surface area (TPSA) is 107 Å². The number of aromatic nitrogens is 1. The second-order valence-corrected chi connectivity index (χ2v) is 6.94. The van der Waals surface area contributed by atoms with Gasteiger partial charge in [-0.25, -0.2) is 14.6 Å². The van der Waals surface area contributed by atoms with Crippen LogP contribution in [0.4, 0.5) is 4.79 Å². The van der Waals surface area contributed by atoms with Crippen molar-refractivity contribution in [2.75, 3.05) is 7.11 Å². The molecule has 0 saturated heterocycles. The molecule has 27 heavy (non-hydrogen) atoms. The van der Waals surface area contributed by atoms with E-state index >= 15 is 0 Å². The molecule has 8 heteroatoms. The predicted molar refractivity (Wildman–Crippen MR) is 99.9 cm³/mol. The third kappa shape index (κ3) is 8.81. The molecule has 1 rings (SSSR count). The molecular weight excluding hydrogens is 350 g/mol. The maximum Gasteiger partial charge on any atom is 0.408 e. The van der Waals surface area contributed by atoms with Gasteiger partial charge in [0.1, 0.15) is 23.4 Å². The molecule has 0 aromatic carbocycles. The molecule has 0 aliphatic carbocycles. The molecule has 8 nitrogen and oxygen atoms in total. The Morgan fingerprint density at radius 1 is 1.33 bits per heavy atom. The van der Waals surface area contributed by atoms with E-state index in [1.54, 1.807) is 46.0 Å². The second kappa shape index (κ2) is 10.3. The minimum Gasteiger partial charge on any atom is -0.467 e. The average Bonchev–Trinajstić information content (AvgIpc) is 2.60. The Kier molecular flexibility index (Phi) is 8.39. The Bertz CT molecular complexity index is 714. The van der Waals surface area contributed by atoms with Crippen molar-refractivity contribution in [3.63, 3.8) is 0 Å². The largest absolute Gasteiger partial charge is 0.467 e. The highest BCUT2D eigenvalue weighted by molar-refractivity contribution is 5.81. The zero-order valence-electron chi connectivity index (χ0n) is 16.2. The van der Waals surface area contributed by atoms with E-state index in [-0.39, 0.29) is 12.5 Å². The molecular formula is C19H25N3O5. The van der Waals surface area contributed by atoms with Crippen LogP contribution in [-0.2, 0) is 20.7 Å². The molecule has 146 valence electrons. The number of hydrogen-bond donors (Lipinski definition) is 1. The van der Waals surface area contributed by atoms with Crippen LogP contribution in [0.3, 0.4) is 0 Å². The van der Waals surface area contributed by atoms with Gasteiger partial charge < -0.3 is 14.8 Å². The van der Waals surface area contributed by atoms with Gasteiger partial charge in [-0.1, -0.05) is 17.2 Å². The Hall–Kier alpha value is -2.95. The van der Waals surface area contributed by atoms with Gasteiger partial charge in [-0.2, -0.15) is 4.91 Å². The zero-order valence-corrected chi connectivity index (χ0v) is 16.2. The standard InChI is InChI=1S/C19H25N3O5/c1-13(22-25)7-6-8-15-10-9-14(12-20-15)11-16(17(23)26-5)21-18(24)27-19(2,3)4/h9-10,12-13,16H,7,11H2,1-5H3,(H,21,24)/t13?,16-/m0/s1. The van der Waals surface area contributed by atoms with Gasteiger partial charge in [0.05, 0.1) is 7.11 Å². The lowest BCUT2D eigenvalue weighted by molar-refractivity contribution is -0.143. The fourth-order valence-corrected chi connectivity index (χ4v) is 1.97. The van der Waals surface area contributed by atoms with E-state index in [4.69, 9.17) is 9.47 Å². The molecule has 1 heterocycles. The smallest absolute Gasteiger partial charge is 0.408 e. The van der Waals surface area contributed by atoms with Gasteiger partial charge in [0.15, 0.2) is 0 Å². The SMILES string of the molecule is COC(=O)[C@H](Cc1ccc(C#CCC(C)N=O)nc1)NC(=O)OC(C)(C)C. The third-order valence-electron chi connectivity index (χ3n) is 3.24. The van der Waals surface area contributed by atoms with E-state index in [2.05, 4.69) is 27.3 Å². The molecule has 0 fully saturated rings. The van der Waals surface area contributed by atoms with Crippen molar-refractivity contribution in [1.82, 2.24) is 10.3 Å². The van der Waals surface area contributed by atoms with Gasteiger partial charge >= 0.3 is 12.1 Å². The summed E-state index contributed by atoms with van der Waals surface area (Å²) in [5.41, 5.74) is 0.574. The maximum atomic E-state index is 11.9. The predicted octanol–water partition coefficient (Wildman–Crippen LogP) is 2.59. The van der Waals surface area contributed by atoms with Crippen LogP contribution in [0.5, 0.6) is 0 Å². The first-order valence-corrected chi connectivity index (χ1v) is 8.48. The van der Waals surface area contributed by atoms with Gasteiger partial charge in [-0.3, -0.25) is 0 Å². The lowest BCUT2D eigenvalue weighted by Crippen LogP contribution is -2.45. The molecule has 0 radical (unpaired) electrons. The Morgan fingerprint density at radius 3 is 2.56 bits per heavy atom. The molecule has 2 atom stereocenters. The van der Waals surface area contributed by atoms with E-state index in [1.165, 1.54) is 7.11 Å². The summed E-state index contributed by atoms with van der Waals surface area (Å²) in [6.45, 7) is 6.88. The lowest BCUT2D eigenvalue weighted by atomic mass is 10.1. The highest BCUT2D eigenvalue weighted by Crippen LogP contribution is 2.09. The minimum absolute atomic E-state index is 0.193. The number of pyridine rings is 1. The van der Waals surface area contributed by atoms with E-state index < -0.39 is 23.7 Å². The van der Waals surface area contributed by atoms with E-state index in [0.29, 0.717) is 12.1 Å². The van der Waals surface area contributed by atoms with Gasteiger partial charge in [-0.05, 0) is 45.2 Å². The van der Waals surface area contributed by atoms with Crippen molar-refractivity contribution in [3.05, 3.63) is 34.5 Å². The monoisotopic (exact) mass is 375 g/mol. The van der Waals surface area contributed by atoms with Crippen LogP contribution in [0.1, 0.15) is 45.4 Å². The van der Waals surface area contributed by atoms with Crippen LogP contribution < -0.4 is 5.32 Å². The molecule has 0 bridgehead atoms. The molecule has 0 aliphatic rings. The van der Waals surface area contributed by atoms with Crippen molar-refractivity contribution in [3.8, 4) is 11.8 Å². The van der Waals surface area contributed by atoms with E-state index in [1.807, 2.05) is 0 Å². The number of rotatable bonds is 6. The van der Waals surface area contributed by atoms with Gasteiger partial charge in [0, 0.05) is 19.0 Å². The van der Waals surface area contributed by atoms with Crippen LogP contribution >= 0.6 is 0 Å². The van der Waals surface area contributed by atoms with Gasteiger partial charge in [-0.15, -0.1) is 0 Å². The van der Waals surface area contributed by atoms with Crippen LogP contribution in [0.15, 0.2) is 23.5 Å². The lowest BCUT2D eigenvalue weighted by Gasteiger charge is -2.22. The third-order valence-corrected chi connectivity index (χ3v) is 3.24. The summed E-state index contributed by atoms with van der Waals surface area (Å²) in [4.78, 5) is 38.4. The minimum atomic E-state index is -0.900. The first kappa shape index (κ1) is 22.1. The number of carbonyl (C=O) groups is 2. The van der Waals surface area contributed by atoms with Crippen molar-refractivity contribution >= 4 is 12.1 Å². The summed E-state index contributed by atoms with van der Waals surface area (Å²) in [5.74, 6) is 5.09. The number of nitrogens with zero attached hydrogens (tertiary/aromatic N) is 2. The van der Waals surface area contributed by atoms with Crippen molar-refractivity contribution < 1.29 is 19.1 Å². The van der Waals surface area contributed by atoms with Crippen LogP contribution in [0, 0.1) is 16.7 Å². The normalized spacial score (nSPS) is 12.8. The van der Waals surface area contributed by atoms with E-state index in [0.717, 1.165) is 5.56 Å². The Morgan fingerprint density at radius 2 is 2.04 bits per heavy atom. The number of nitrogens with one attached hydrogen (secondary N) is 1. The van der Waals surface area contributed by atoms with Crippen LogP contribution in [0.2, 0.25) is 0 Å². The van der Waals surface area contributed by atoms with Crippen molar-refractivity contribution in [2.24, 2.45) is 5.18 Å². The molecule has 1 N–H and O–H groups in total. The van der Waals surface area contributed by atoms with Crippen LogP contribution in [0.25, 0.3) is 0 Å². The second-order valence-electron chi connectivity index (χ2n) is 6.94. The first-order chi connectivity index (χ1) is 12.6. The fraction of sp³-hybridized carbons (Fsp3) is 0.526. The highest BCUT2D eigenvalue weighted by atomic mass is 16.6. The van der Waals surface area contributed by atoms with Gasteiger partial charge in [0.2, 0.25) is 0 Å². The summed E-state index contributed by atoms with van der Waals surface area (Å²) in [7, 11) is 1.25. The molecule has 0 spiro atoms. The highest BCUT2D eigenvalue weighted by Gasteiger charge is 2.25.